The van der Waals surface area contributed by atoms with Crippen LogP contribution in [0.1, 0.15) is 36.5 Å². The summed E-state index contributed by atoms with van der Waals surface area (Å²) >= 11 is 1.95. The Morgan fingerprint density at radius 1 is 1.58 bits per heavy atom. The molecule has 0 bridgehead atoms. The van der Waals surface area contributed by atoms with E-state index in [1.54, 1.807) is 12.3 Å². The third kappa shape index (κ3) is 4.42. The molecule has 1 aromatic heterocycles. The van der Waals surface area contributed by atoms with E-state index in [9.17, 15) is 4.79 Å². The first kappa shape index (κ1) is 14.2. The van der Waals surface area contributed by atoms with Crippen molar-refractivity contribution >= 4 is 23.5 Å². The highest BCUT2D eigenvalue weighted by Gasteiger charge is 2.16. The molecule has 1 atom stereocenters. The minimum absolute atomic E-state index is 0.00514. The highest BCUT2D eigenvalue weighted by Crippen LogP contribution is 2.25. The van der Waals surface area contributed by atoms with Crippen LogP contribution in [0.3, 0.4) is 0 Å². The fourth-order valence-electron chi connectivity index (χ4n) is 2.04. The van der Waals surface area contributed by atoms with Crippen LogP contribution in [-0.4, -0.2) is 35.0 Å². The second-order valence-corrected chi connectivity index (χ2v) is 6.11. The molecular formula is C14H21N3OS. The Labute approximate surface area is 118 Å². The third-order valence-electron chi connectivity index (χ3n) is 3.09. The number of pyridine rings is 1. The molecule has 0 saturated carbocycles. The summed E-state index contributed by atoms with van der Waals surface area (Å²) in [6.07, 6.45) is 5.20. The average molecular weight is 279 g/mol. The molecule has 1 aliphatic rings. The minimum atomic E-state index is -0.00514. The van der Waals surface area contributed by atoms with Crippen LogP contribution in [-0.2, 0) is 0 Å². The van der Waals surface area contributed by atoms with Crippen molar-refractivity contribution in [3.05, 3.63) is 23.9 Å². The summed E-state index contributed by atoms with van der Waals surface area (Å²) in [5.74, 6) is 1.99. The van der Waals surface area contributed by atoms with Gasteiger partial charge < -0.3 is 10.6 Å². The van der Waals surface area contributed by atoms with Gasteiger partial charge in [-0.15, -0.1) is 0 Å². The molecule has 1 saturated heterocycles. The third-order valence-corrected chi connectivity index (χ3v) is 4.49. The van der Waals surface area contributed by atoms with Gasteiger partial charge >= 0.3 is 0 Å². The number of aromatic nitrogens is 1. The monoisotopic (exact) mass is 279 g/mol. The molecule has 2 N–H and O–H groups in total. The lowest BCUT2D eigenvalue weighted by molar-refractivity contribution is 0.0953. The van der Waals surface area contributed by atoms with Crippen molar-refractivity contribution in [1.82, 2.24) is 10.3 Å². The molecule has 5 heteroatoms. The zero-order valence-corrected chi connectivity index (χ0v) is 12.1. The van der Waals surface area contributed by atoms with Gasteiger partial charge in [0.1, 0.15) is 5.82 Å². The summed E-state index contributed by atoms with van der Waals surface area (Å²) in [5.41, 5.74) is 0.677. The molecule has 0 aromatic carbocycles. The standard InChI is InChI=1S/C14H21N3OS/c1-2-6-15-13-9-11(5-7-16-13)14(18)17-10-12-4-3-8-19-12/h5,7,9,12H,2-4,6,8,10H2,1H3,(H,15,16)(H,17,18). The predicted molar refractivity (Wildman–Crippen MR) is 80.8 cm³/mol. The number of hydrogen-bond acceptors (Lipinski definition) is 4. The highest BCUT2D eigenvalue weighted by molar-refractivity contribution is 8.00. The first-order valence-corrected chi connectivity index (χ1v) is 7.94. The zero-order chi connectivity index (χ0) is 13.5. The van der Waals surface area contributed by atoms with Gasteiger partial charge in [0, 0.05) is 30.1 Å². The van der Waals surface area contributed by atoms with Gasteiger partial charge in [0.05, 0.1) is 0 Å². The number of nitrogens with zero attached hydrogens (tertiary/aromatic N) is 1. The van der Waals surface area contributed by atoms with E-state index in [1.165, 1.54) is 18.6 Å². The van der Waals surface area contributed by atoms with Crippen molar-refractivity contribution in [2.24, 2.45) is 0 Å². The van der Waals surface area contributed by atoms with Gasteiger partial charge in [0.25, 0.3) is 5.91 Å². The van der Waals surface area contributed by atoms with Crippen molar-refractivity contribution in [1.29, 1.82) is 0 Å². The summed E-state index contributed by atoms with van der Waals surface area (Å²) in [5, 5.41) is 6.79. The SMILES string of the molecule is CCCNc1cc(C(=O)NCC2CCCS2)ccn1. The second-order valence-electron chi connectivity index (χ2n) is 4.70. The Balaban J connectivity index is 1.86. The Morgan fingerprint density at radius 3 is 3.21 bits per heavy atom. The number of rotatable bonds is 6. The second kappa shape index (κ2) is 7.38. The van der Waals surface area contributed by atoms with Crippen LogP contribution < -0.4 is 10.6 Å². The van der Waals surface area contributed by atoms with Gasteiger partial charge in [-0.2, -0.15) is 11.8 Å². The van der Waals surface area contributed by atoms with Crippen molar-refractivity contribution < 1.29 is 4.79 Å². The Bertz CT molecular complexity index is 419. The first-order valence-electron chi connectivity index (χ1n) is 6.89. The molecule has 1 fully saturated rings. The van der Waals surface area contributed by atoms with Crippen molar-refractivity contribution in [3.63, 3.8) is 0 Å². The Hall–Kier alpha value is -1.23. The molecule has 1 amide bonds. The van der Waals surface area contributed by atoms with Crippen molar-refractivity contribution in [3.8, 4) is 0 Å². The van der Waals surface area contributed by atoms with E-state index in [0.717, 1.165) is 25.3 Å². The minimum Gasteiger partial charge on any atom is -0.370 e. The van der Waals surface area contributed by atoms with Crippen LogP contribution in [0.25, 0.3) is 0 Å². The Kier molecular flexibility index (Phi) is 5.51. The number of thioether (sulfide) groups is 1. The fourth-order valence-corrected chi connectivity index (χ4v) is 3.24. The molecule has 0 aliphatic carbocycles. The maximum absolute atomic E-state index is 12.1. The van der Waals surface area contributed by atoms with Crippen LogP contribution in [0.15, 0.2) is 18.3 Å². The molecule has 2 heterocycles. The number of anilines is 1. The van der Waals surface area contributed by atoms with Gasteiger partial charge in [-0.1, -0.05) is 6.92 Å². The maximum Gasteiger partial charge on any atom is 0.251 e. The van der Waals surface area contributed by atoms with Crippen LogP contribution in [0.5, 0.6) is 0 Å². The molecular weight excluding hydrogens is 258 g/mol. The number of carbonyl (C=O) groups excluding carboxylic acids is 1. The van der Waals surface area contributed by atoms with Gasteiger partial charge in [0.15, 0.2) is 0 Å². The lowest BCUT2D eigenvalue weighted by Gasteiger charge is -2.11. The maximum atomic E-state index is 12.1. The summed E-state index contributed by atoms with van der Waals surface area (Å²) in [4.78, 5) is 16.3. The molecule has 1 aliphatic heterocycles. The number of nitrogens with one attached hydrogen (secondary N) is 2. The van der Waals surface area contributed by atoms with E-state index in [0.29, 0.717) is 10.8 Å². The van der Waals surface area contributed by atoms with E-state index < -0.39 is 0 Å². The van der Waals surface area contributed by atoms with Crippen LogP contribution in [0.2, 0.25) is 0 Å². The summed E-state index contributed by atoms with van der Waals surface area (Å²) in [6, 6.07) is 3.57. The number of hydrogen-bond donors (Lipinski definition) is 2. The predicted octanol–water partition coefficient (Wildman–Crippen LogP) is 2.53. The fraction of sp³-hybridized carbons (Fsp3) is 0.571. The van der Waals surface area contributed by atoms with Gasteiger partial charge in [0.2, 0.25) is 0 Å². The molecule has 2 rings (SSSR count). The smallest absolute Gasteiger partial charge is 0.251 e. The average Bonchev–Trinajstić information content (AvgIpc) is 2.96. The van der Waals surface area contributed by atoms with Crippen LogP contribution in [0, 0.1) is 0 Å². The highest BCUT2D eigenvalue weighted by atomic mass is 32.2. The molecule has 4 nitrogen and oxygen atoms in total. The first-order chi connectivity index (χ1) is 9.29. The summed E-state index contributed by atoms with van der Waals surface area (Å²) in [7, 11) is 0. The molecule has 19 heavy (non-hydrogen) atoms. The van der Waals surface area contributed by atoms with Crippen LogP contribution in [0.4, 0.5) is 5.82 Å². The van der Waals surface area contributed by atoms with Crippen molar-refractivity contribution in [2.45, 2.75) is 31.4 Å². The number of amides is 1. The summed E-state index contributed by atoms with van der Waals surface area (Å²) in [6.45, 7) is 3.74. The summed E-state index contributed by atoms with van der Waals surface area (Å²) < 4.78 is 0. The van der Waals surface area contributed by atoms with E-state index in [-0.39, 0.29) is 5.91 Å². The molecule has 0 spiro atoms. The normalized spacial score (nSPS) is 18.3. The van der Waals surface area contributed by atoms with Crippen molar-refractivity contribution in [2.75, 3.05) is 24.2 Å². The van der Waals surface area contributed by atoms with Crippen LogP contribution >= 0.6 is 11.8 Å². The Morgan fingerprint density at radius 2 is 2.47 bits per heavy atom. The topological polar surface area (TPSA) is 54.0 Å². The van der Waals surface area contributed by atoms with E-state index in [1.807, 2.05) is 17.8 Å². The molecule has 104 valence electrons. The van der Waals surface area contributed by atoms with E-state index in [4.69, 9.17) is 0 Å². The molecule has 0 radical (unpaired) electrons. The molecule has 1 aromatic rings. The van der Waals surface area contributed by atoms with E-state index >= 15 is 0 Å². The van der Waals surface area contributed by atoms with Gasteiger partial charge in [-0.05, 0) is 37.1 Å². The lowest BCUT2D eigenvalue weighted by atomic mass is 10.2. The lowest BCUT2D eigenvalue weighted by Crippen LogP contribution is -2.29. The number of carbonyl (C=O) groups is 1. The van der Waals surface area contributed by atoms with Gasteiger partial charge in [-0.25, -0.2) is 4.98 Å². The zero-order valence-electron chi connectivity index (χ0n) is 11.3. The van der Waals surface area contributed by atoms with Gasteiger partial charge in [-0.3, -0.25) is 4.79 Å². The quantitative estimate of drug-likeness (QED) is 0.840. The molecule has 1 unspecified atom stereocenters. The van der Waals surface area contributed by atoms with E-state index in [2.05, 4.69) is 22.5 Å². The largest absolute Gasteiger partial charge is 0.370 e.